The Labute approximate surface area is 248 Å². The molecule has 0 spiro atoms. The van der Waals surface area contributed by atoms with Gasteiger partial charge in [-0.05, 0) is 54.7 Å². The molecule has 236 valence electrons. The van der Waals surface area contributed by atoms with E-state index in [0.717, 1.165) is 69.7 Å². The van der Waals surface area contributed by atoms with Gasteiger partial charge in [0.05, 0.1) is 19.6 Å². The fourth-order valence-corrected chi connectivity index (χ4v) is 4.81. The number of likely N-dealkylation sites (tertiary alicyclic amines) is 1. The third kappa shape index (κ3) is 11.2. The maximum Gasteiger partial charge on any atom is 0.335 e. The van der Waals surface area contributed by atoms with E-state index in [1.54, 1.807) is 36.4 Å². The molecule has 2 heterocycles. The van der Waals surface area contributed by atoms with Crippen LogP contribution in [0.25, 0.3) is 0 Å². The maximum absolute atomic E-state index is 13.4. The number of ether oxygens (including phenoxy) is 2. The zero-order valence-corrected chi connectivity index (χ0v) is 23.8. The molecule has 2 saturated heterocycles. The lowest BCUT2D eigenvalue weighted by Gasteiger charge is -2.39. The molecule has 2 atom stereocenters. The van der Waals surface area contributed by atoms with E-state index in [9.17, 15) is 23.9 Å². The number of phenols is 1. The number of aliphatic hydroxyl groups excluding tert-OH is 2. The fourth-order valence-electron chi connectivity index (χ4n) is 4.81. The molecule has 0 aliphatic carbocycles. The van der Waals surface area contributed by atoms with E-state index in [0.29, 0.717) is 6.54 Å². The van der Waals surface area contributed by atoms with E-state index >= 15 is 0 Å². The number of carbonyl (C=O) groups is 3. The molecule has 0 radical (unpaired) electrons. The van der Waals surface area contributed by atoms with Gasteiger partial charge in [0.1, 0.15) is 11.6 Å². The third-order valence-corrected chi connectivity index (χ3v) is 7.26. The van der Waals surface area contributed by atoms with Crippen molar-refractivity contribution in [3.05, 3.63) is 65.5 Å². The van der Waals surface area contributed by atoms with Gasteiger partial charge in [-0.3, -0.25) is 4.79 Å². The first-order valence-corrected chi connectivity index (χ1v) is 14.1. The van der Waals surface area contributed by atoms with Gasteiger partial charge in [0.15, 0.2) is 18.5 Å². The Balaban J connectivity index is 0.000000436. The number of rotatable bonds is 11. The van der Waals surface area contributed by atoms with Gasteiger partial charge in [-0.25, -0.2) is 14.0 Å². The lowest BCUT2D eigenvalue weighted by atomic mass is 10.0. The summed E-state index contributed by atoms with van der Waals surface area (Å²) < 4.78 is 24.7. The predicted octanol–water partition coefficient (Wildman–Crippen LogP) is 1.60. The molecule has 1 amide bonds. The number of aromatic hydroxyl groups is 1. The highest BCUT2D eigenvalue weighted by molar-refractivity contribution is 5.83. The van der Waals surface area contributed by atoms with Crippen LogP contribution in [0, 0.1) is 5.82 Å². The van der Waals surface area contributed by atoms with E-state index in [-0.39, 0.29) is 36.2 Å². The molecule has 2 aromatic carbocycles. The van der Waals surface area contributed by atoms with Crippen molar-refractivity contribution in [2.75, 3.05) is 32.8 Å². The summed E-state index contributed by atoms with van der Waals surface area (Å²) in [4.78, 5) is 37.2. The summed E-state index contributed by atoms with van der Waals surface area (Å²) in [5.74, 6) is -3.58. The standard InChI is InChI=1S/C26H33FN2O4.C4H6O6/c27-22-6-2-21(3-7-22)19-29(25(31)18-20-4-8-24(30)9-5-20)23-10-13-28(14-11-23)15-12-26-32-16-1-17-33-26;5-1(3(7)8)2(6)4(9)10/h2-9,23,26,30H,1,10-19H2;1-2,5-6H,(H,7,8)(H,9,10). The van der Waals surface area contributed by atoms with Crippen LogP contribution in [0.1, 0.15) is 36.8 Å². The van der Waals surface area contributed by atoms with Crippen LogP contribution in [-0.2, 0) is 36.8 Å². The van der Waals surface area contributed by atoms with Crippen molar-refractivity contribution in [1.29, 1.82) is 0 Å². The molecule has 2 aliphatic rings. The second-order valence-electron chi connectivity index (χ2n) is 10.4. The number of hydrogen-bond donors (Lipinski definition) is 5. The normalized spacial score (nSPS) is 17.7. The van der Waals surface area contributed by atoms with Crippen molar-refractivity contribution in [1.82, 2.24) is 9.80 Å². The molecule has 12 nitrogen and oxygen atoms in total. The molecular formula is C30H39FN2O10. The predicted molar refractivity (Wildman–Crippen MR) is 150 cm³/mol. The van der Waals surface area contributed by atoms with Gasteiger partial charge in [0.25, 0.3) is 0 Å². The van der Waals surface area contributed by atoms with Crippen molar-refractivity contribution in [3.8, 4) is 5.75 Å². The van der Waals surface area contributed by atoms with E-state index < -0.39 is 24.1 Å². The zero-order valence-electron chi connectivity index (χ0n) is 23.8. The van der Waals surface area contributed by atoms with Crippen molar-refractivity contribution >= 4 is 17.8 Å². The monoisotopic (exact) mass is 606 g/mol. The Hall–Kier alpha value is -3.62. The number of benzene rings is 2. The number of phenolic OH excluding ortho intramolecular Hbond substituents is 1. The maximum atomic E-state index is 13.4. The van der Waals surface area contributed by atoms with Crippen molar-refractivity contribution in [2.45, 2.75) is 63.2 Å². The number of carbonyl (C=O) groups excluding carboxylic acids is 1. The Bertz CT molecular complexity index is 1150. The van der Waals surface area contributed by atoms with E-state index in [4.69, 9.17) is 29.9 Å². The van der Waals surface area contributed by atoms with Crippen LogP contribution < -0.4 is 0 Å². The molecule has 0 aromatic heterocycles. The van der Waals surface area contributed by atoms with Crippen LogP contribution in [0.4, 0.5) is 4.39 Å². The largest absolute Gasteiger partial charge is 0.508 e. The Morgan fingerprint density at radius 3 is 1.95 bits per heavy atom. The molecule has 0 saturated carbocycles. The topological polar surface area (TPSA) is 177 Å². The second-order valence-corrected chi connectivity index (χ2v) is 10.4. The summed E-state index contributed by atoms with van der Waals surface area (Å²) in [6.45, 7) is 4.78. The summed E-state index contributed by atoms with van der Waals surface area (Å²) in [6, 6.07) is 13.3. The highest BCUT2D eigenvalue weighted by Gasteiger charge is 2.30. The molecular weight excluding hydrogens is 567 g/mol. The number of aliphatic hydroxyl groups is 2. The van der Waals surface area contributed by atoms with Crippen LogP contribution in [-0.4, -0.2) is 111 Å². The Morgan fingerprint density at radius 2 is 1.42 bits per heavy atom. The van der Waals surface area contributed by atoms with Crippen molar-refractivity contribution in [3.63, 3.8) is 0 Å². The minimum absolute atomic E-state index is 0.0486. The smallest absolute Gasteiger partial charge is 0.335 e. The van der Waals surface area contributed by atoms with Crippen LogP contribution >= 0.6 is 0 Å². The zero-order chi connectivity index (χ0) is 31.4. The number of nitrogens with zero attached hydrogens (tertiary/aromatic N) is 2. The molecule has 2 aromatic rings. The first-order valence-electron chi connectivity index (χ1n) is 14.1. The minimum atomic E-state index is -2.27. The molecule has 0 bridgehead atoms. The number of aliphatic carboxylic acids is 2. The van der Waals surface area contributed by atoms with Gasteiger partial charge in [-0.1, -0.05) is 24.3 Å². The van der Waals surface area contributed by atoms with Gasteiger partial charge in [0, 0.05) is 38.6 Å². The lowest BCUT2D eigenvalue weighted by molar-refractivity contribution is -0.183. The summed E-state index contributed by atoms with van der Waals surface area (Å²) in [5, 5.41) is 42.1. The summed E-state index contributed by atoms with van der Waals surface area (Å²) >= 11 is 0. The summed E-state index contributed by atoms with van der Waals surface area (Å²) in [5.41, 5.74) is 1.79. The van der Waals surface area contributed by atoms with Crippen molar-refractivity contribution in [2.24, 2.45) is 0 Å². The van der Waals surface area contributed by atoms with E-state index in [1.165, 1.54) is 12.1 Å². The van der Waals surface area contributed by atoms with Gasteiger partial charge in [0.2, 0.25) is 5.91 Å². The van der Waals surface area contributed by atoms with E-state index in [2.05, 4.69) is 4.90 Å². The number of halogens is 1. The molecule has 2 fully saturated rings. The van der Waals surface area contributed by atoms with E-state index in [1.807, 2.05) is 4.90 Å². The second kappa shape index (κ2) is 16.9. The lowest BCUT2D eigenvalue weighted by Crippen LogP contribution is -2.48. The summed E-state index contributed by atoms with van der Waals surface area (Å²) in [6.07, 6.45) is -0.733. The fraction of sp³-hybridized carbons (Fsp3) is 0.500. The Kier molecular flexibility index (Phi) is 13.3. The van der Waals surface area contributed by atoms with Crippen LogP contribution in [0.2, 0.25) is 0 Å². The first-order chi connectivity index (χ1) is 20.5. The SMILES string of the molecule is O=C(Cc1ccc(O)cc1)N(Cc1ccc(F)cc1)C1CCN(CCC2OCCCO2)CC1.O=C(O)C(O)C(O)C(=O)O. The van der Waals surface area contributed by atoms with Crippen LogP contribution in [0.15, 0.2) is 48.5 Å². The highest BCUT2D eigenvalue weighted by Crippen LogP contribution is 2.22. The average molecular weight is 607 g/mol. The number of carboxylic acids is 2. The molecule has 4 rings (SSSR count). The molecule has 43 heavy (non-hydrogen) atoms. The van der Waals surface area contributed by atoms with Gasteiger partial charge >= 0.3 is 11.9 Å². The van der Waals surface area contributed by atoms with Crippen molar-refractivity contribution < 1.29 is 53.8 Å². The number of hydrogen-bond acceptors (Lipinski definition) is 9. The molecule has 2 unspecified atom stereocenters. The average Bonchev–Trinajstić information content (AvgIpc) is 3.01. The summed E-state index contributed by atoms with van der Waals surface area (Å²) in [7, 11) is 0. The molecule has 2 aliphatic heterocycles. The quantitative estimate of drug-likeness (QED) is 0.251. The number of piperidine rings is 1. The molecule has 13 heteroatoms. The molecule has 5 N–H and O–H groups in total. The van der Waals surface area contributed by atoms with Gasteiger partial charge in [-0.15, -0.1) is 0 Å². The van der Waals surface area contributed by atoms with Gasteiger partial charge < -0.3 is 44.8 Å². The Morgan fingerprint density at radius 1 is 0.884 bits per heavy atom. The third-order valence-electron chi connectivity index (χ3n) is 7.26. The number of amides is 1. The highest BCUT2D eigenvalue weighted by atomic mass is 19.1. The van der Waals surface area contributed by atoms with Crippen LogP contribution in [0.5, 0.6) is 5.75 Å². The number of carboxylic acid groups (broad SMARTS) is 2. The van der Waals surface area contributed by atoms with Crippen LogP contribution in [0.3, 0.4) is 0 Å². The van der Waals surface area contributed by atoms with Gasteiger partial charge in [-0.2, -0.15) is 0 Å². The first kappa shape index (κ1) is 33.9. The minimum Gasteiger partial charge on any atom is -0.508 e.